The smallest absolute Gasteiger partial charge is 0.320 e. The number of carboxylic acid groups (broad SMARTS) is 1. The number of hydrogen-bond acceptors (Lipinski definition) is 2. The molecule has 1 heterocycles. The average molecular weight is 282 g/mol. The van der Waals surface area contributed by atoms with Gasteiger partial charge < -0.3 is 14.9 Å². The monoisotopic (exact) mass is 282 g/mol. The van der Waals surface area contributed by atoms with Crippen molar-refractivity contribution in [3.63, 3.8) is 0 Å². The first kappa shape index (κ1) is 15.1. The lowest BCUT2D eigenvalue weighted by Gasteiger charge is -2.40. The molecule has 0 aromatic carbocycles. The lowest BCUT2D eigenvalue weighted by Crippen LogP contribution is -2.52. The Bertz CT molecular complexity index is 372. The van der Waals surface area contributed by atoms with Crippen LogP contribution in [0, 0.1) is 11.8 Å². The number of nitrogens with zero attached hydrogens (tertiary/aromatic N) is 2. The highest BCUT2D eigenvalue weighted by molar-refractivity contribution is 5.76. The molecular weight excluding hydrogens is 256 g/mol. The third-order valence-electron chi connectivity index (χ3n) is 4.91. The van der Waals surface area contributed by atoms with Crippen LogP contribution in [0.25, 0.3) is 0 Å². The maximum atomic E-state index is 12.6. The number of piperidine rings is 1. The molecule has 5 nitrogen and oxygen atoms in total. The zero-order chi connectivity index (χ0) is 14.7. The van der Waals surface area contributed by atoms with E-state index in [9.17, 15) is 9.59 Å². The van der Waals surface area contributed by atoms with E-state index >= 15 is 0 Å². The second kappa shape index (κ2) is 6.46. The summed E-state index contributed by atoms with van der Waals surface area (Å²) in [6, 6.07) is 0.316. The molecule has 1 N–H and O–H groups in total. The molecule has 114 valence electrons. The molecule has 0 radical (unpaired) electrons. The van der Waals surface area contributed by atoms with Crippen molar-refractivity contribution < 1.29 is 14.7 Å². The predicted molar refractivity (Wildman–Crippen MR) is 76.5 cm³/mol. The highest BCUT2D eigenvalue weighted by Gasteiger charge is 2.33. The molecule has 0 spiro atoms. The molecule has 0 aromatic heterocycles. The lowest BCUT2D eigenvalue weighted by atomic mass is 9.85. The normalized spacial score (nSPS) is 30.9. The van der Waals surface area contributed by atoms with Gasteiger partial charge in [-0.1, -0.05) is 19.8 Å². The van der Waals surface area contributed by atoms with Crippen molar-refractivity contribution in [2.24, 2.45) is 11.8 Å². The van der Waals surface area contributed by atoms with Crippen molar-refractivity contribution in [2.75, 3.05) is 20.1 Å². The van der Waals surface area contributed by atoms with Gasteiger partial charge in [0.25, 0.3) is 0 Å². The number of aliphatic carboxylic acids is 1. The second-order valence-electron chi connectivity index (χ2n) is 6.35. The zero-order valence-electron chi connectivity index (χ0n) is 12.5. The fourth-order valence-electron chi connectivity index (χ4n) is 3.59. The highest BCUT2D eigenvalue weighted by Crippen LogP contribution is 2.28. The fourth-order valence-corrected chi connectivity index (χ4v) is 3.59. The van der Waals surface area contributed by atoms with Gasteiger partial charge in [-0.2, -0.15) is 0 Å². The van der Waals surface area contributed by atoms with Gasteiger partial charge in [0.1, 0.15) is 0 Å². The van der Waals surface area contributed by atoms with E-state index in [1.807, 2.05) is 11.9 Å². The molecular formula is C15H26N2O3. The maximum Gasteiger partial charge on any atom is 0.320 e. The average Bonchev–Trinajstić information content (AvgIpc) is 2.46. The molecule has 20 heavy (non-hydrogen) atoms. The third-order valence-corrected chi connectivity index (χ3v) is 4.91. The quantitative estimate of drug-likeness (QED) is 0.846. The summed E-state index contributed by atoms with van der Waals surface area (Å²) in [4.78, 5) is 27.2. The molecule has 3 unspecified atom stereocenters. The maximum absolute atomic E-state index is 12.6. The molecule has 1 aliphatic carbocycles. The number of carbonyl (C=O) groups is 2. The molecule has 2 amide bonds. The minimum absolute atomic E-state index is 0.00898. The molecule has 0 bridgehead atoms. The SMILES string of the molecule is CC1CCCCC1N(C)C(=O)N1CCCC(C(=O)O)C1. The van der Waals surface area contributed by atoms with Gasteiger partial charge in [0.2, 0.25) is 0 Å². The first-order chi connectivity index (χ1) is 9.50. The molecule has 2 fully saturated rings. The van der Waals surface area contributed by atoms with Crippen molar-refractivity contribution in [3.05, 3.63) is 0 Å². The second-order valence-corrected chi connectivity index (χ2v) is 6.35. The van der Waals surface area contributed by atoms with Crippen molar-refractivity contribution in [3.8, 4) is 0 Å². The van der Waals surface area contributed by atoms with E-state index in [-0.39, 0.29) is 6.03 Å². The summed E-state index contributed by atoms with van der Waals surface area (Å²) in [5.74, 6) is -0.640. The van der Waals surface area contributed by atoms with Gasteiger partial charge in [0.05, 0.1) is 5.92 Å². The fraction of sp³-hybridized carbons (Fsp3) is 0.867. The van der Waals surface area contributed by atoms with Gasteiger partial charge in [-0.05, 0) is 31.6 Å². The molecule has 2 rings (SSSR count). The summed E-state index contributed by atoms with van der Waals surface area (Å²) in [6.45, 7) is 3.26. The lowest BCUT2D eigenvalue weighted by molar-refractivity contribution is -0.143. The number of urea groups is 1. The van der Waals surface area contributed by atoms with Crippen molar-refractivity contribution >= 4 is 12.0 Å². The van der Waals surface area contributed by atoms with Crippen LogP contribution in [-0.4, -0.2) is 53.1 Å². The minimum Gasteiger partial charge on any atom is -0.481 e. The first-order valence-corrected chi connectivity index (χ1v) is 7.75. The number of carboxylic acids is 1. The molecule has 1 aliphatic heterocycles. The summed E-state index contributed by atoms with van der Waals surface area (Å²) in [7, 11) is 1.87. The van der Waals surface area contributed by atoms with Crippen molar-refractivity contribution in [1.82, 2.24) is 9.80 Å². The largest absolute Gasteiger partial charge is 0.481 e. The molecule has 3 atom stereocenters. The van der Waals surface area contributed by atoms with E-state index in [1.54, 1.807) is 4.90 Å². The summed E-state index contributed by atoms with van der Waals surface area (Å²) in [6.07, 6.45) is 6.16. The van der Waals surface area contributed by atoms with Crippen LogP contribution in [0.3, 0.4) is 0 Å². The zero-order valence-corrected chi connectivity index (χ0v) is 12.5. The Hall–Kier alpha value is -1.26. The topological polar surface area (TPSA) is 60.9 Å². The van der Waals surface area contributed by atoms with E-state index in [2.05, 4.69) is 6.92 Å². The Morgan fingerprint density at radius 3 is 2.50 bits per heavy atom. The van der Waals surface area contributed by atoms with Crippen LogP contribution >= 0.6 is 0 Å². The van der Waals surface area contributed by atoms with Crippen molar-refractivity contribution in [1.29, 1.82) is 0 Å². The van der Waals surface area contributed by atoms with Crippen LogP contribution in [0.2, 0.25) is 0 Å². The van der Waals surface area contributed by atoms with Gasteiger partial charge in [0.15, 0.2) is 0 Å². The third kappa shape index (κ3) is 3.25. The van der Waals surface area contributed by atoms with Gasteiger partial charge in [-0.3, -0.25) is 4.79 Å². The molecule has 2 aliphatic rings. The van der Waals surface area contributed by atoms with Gasteiger partial charge >= 0.3 is 12.0 Å². The summed E-state index contributed by atoms with van der Waals surface area (Å²) in [5, 5.41) is 9.12. The Balaban J connectivity index is 1.97. The molecule has 1 saturated heterocycles. The van der Waals surface area contributed by atoms with E-state index in [1.165, 1.54) is 19.3 Å². The first-order valence-electron chi connectivity index (χ1n) is 7.75. The number of rotatable bonds is 2. The Labute approximate surface area is 120 Å². The van der Waals surface area contributed by atoms with Crippen LogP contribution in [0.4, 0.5) is 4.79 Å². The van der Waals surface area contributed by atoms with Gasteiger partial charge in [-0.25, -0.2) is 4.79 Å². The van der Waals surface area contributed by atoms with E-state index in [4.69, 9.17) is 5.11 Å². The van der Waals surface area contributed by atoms with Crippen LogP contribution in [-0.2, 0) is 4.79 Å². The van der Waals surface area contributed by atoms with Crippen LogP contribution in [0.1, 0.15) is 45.4 Å². The van der Waals surface area contributed by atoms with Gasteiger partial charge in [0, 0.05) is 26.2 Å². The van der Waals surface area contributed by atoms with E-state index in [0.717, 1.165) is 12.8 Å². The Kier molecular flexibility index (Phi) is 4.89. The summed E-state index contributed by atoms with van der Waals surface area (Å²) < 4.78 is 0. The predicted octanol–water partition coefficient (Wildman–Crippen LogP) is 2.41. The summed E-state index contributed by atoms with van der Waals surface area (Å²) >= 11 is 0. The standard InChI is InChI=1S/C15H26N2O3/c1-11-6-3-4-8-13(11)16(2)15(20)17-9-5-7-12(10-17)14(18)19/h11-13H,3-10H2,1-2H3,(H,18,19). The number of hydrogen-bond donors (Lipinski definition) is 1. The number of likely N-dealkylation sites (tertiary alicyclic amines) is 1. The number of carbonyl (C=O) groups excluding carboxylic acids is 1. The number of amides is 2. The Morgan fingerprint density at radius 1 is 1.15 bits per heavy atom. The van der Waals surface area contributed by atoms with Crippen LogP contribution in [0.5, 0.6) is 0 Å². The Morgan fingerprint density at radius 2 is 1.85 bits per heavy atom. The van der Waals surface area contributed by atoms with Crippen LogP contribution in [0.15, 0.2) is 0 Å². The minimum atomic E-state index is -0.781. The van der Waals surface area contributed by atoms with Crippen molar-refractivity contribution in [2.45, 2.75) is 51.5 Å². The molecule has 1 saturated carbocycles. The van der Waals surface area contributed by atoms with Crippen LogP contribution < -0.4 is 0 Å². The molecule has 5 heteroatoms. The summed E-state index contributed by atoms with van der Waals surface area (Å²) in [5.41, 5.74) is 0. The van der Waals surface area contributed by atoms with Gasteiger partial charge in [-0.15, -0.1) is 0 Å². The van der Waals surface area contributed by atoms with E-state index < -0.39 is 11.9 Å². The molecule has 0 aromatic rings. The van der Waals surface area contributed by atoms with E-state index in [0.29, 0.717) is 31.5 Å². The highest BCUT2D eigenvalue weighted by atomic mass is 16.4.